The fourth-order valence-corrected chi connectivity index (χ4v) is 1.79. The minimum atomic E-state index is -0.575. The number of benzene rings is 2. The van der Waals surface area contributed by atoms with Gasteiger partial charge in [-0.25, -0.2) is 0 Å². The van der Waals surface area contributed by atoms with E-state index in [2.05, 4.69) is 0 Å². The lowest BCUT2D eigenvalue weighted by molar-refractivity contribution is -0.385. The number of methoxy groups -OCH3 is 1. The topological polar surface area (TPSA) is 81.8 Å². The fraction of sp³-hybridized carbons (Fsp3) is 0.200. The first-order valence-corrected chi connectivity index (χ1v) is 6.29. The van der Waals surface area contributed by atoms with Crippen molar-refractivity contribution in [3.63, 3.8) is 0 Å². The lowest BCUT2D eigenvalue weighted by atomic mass is 10.1. The fourth-order valence-electron chi connectivity index (χ4n) is 1.79. The van der Waals surface area contributed by atoms with E-state index in [4.69, 9.17) is 9.47 Å². The predicted octanol–water partition coefficient (Wildman–Crippen LogP) is 3.45. The van der Waals surface area contributed by atoms with Gasteiger partial charge in [-0.1, -0.05) is 12.1 Å². The molecule has 6 heteroatoms. The van der Waals surface area contributed by atoms with Crippen LogP contribution in [-0.4, -0.2) is 17.1 Å². The Morgan fingerprint density at radius 1 is 1.14 bits per heavy atom. The Bertz CT molecular complexity index is 637. The maximum absolute atomic E-state index is 11.1. The summed E-state index contributed by atoms with van der Waals surface area (Å²) in [4.78, 5) is 10.5. The van der Waals surface area contributed by atoms with Crippen LogP contribution in [0.4, 0.5) is 5.69 Å². The van der Waals surface area contributed by atoms with Crippen LogP contribution >= 0.6 is 0 Å². The van der Waals surface area contributed by atoms with E-state index < -0.39 is 11.0 Å². The van der Waals surface area contributed by atoms with Crippen molar-refractivity contribution in [3.8, 4) is 17.2 Å². The molecule has 0 bridgehead atoms. The van der Waals surface area contributed by atoms with E-state index in [1.807, 2.05) is 0 Å². The van der Waals surface area contributed by atoms with Crippen LogP contribution in [0.2, 0.25) is 0 Å². The second-order valence-corrected chi connectivity index (χ2v) is 4.44. The van der Waals surface area contributed by atoms with Crippen LogP contribution < -0.4 is 9.47 Å². The monoisotopic (exact) mass is 289 g/mol. The number of hydrogen-bond acceptors (Lipinski definition) is 5. The Hall–Kier alpha value is -2.60. The van der Waals surface area contributed by atoms with E-state index in [-0.39, 0.29) is 11.4 Å². The highest BCUT2D eigenvalue weighted by molar-refractivity contribution is 5.52. The zero-order chi connectivity index (χ0) is 15.4. The third kappa shape index (κ3) is 3.49. The van der Waals surface area contributed by atoms with E-state index in [1.54, 1.807) is 37.3 Å². The summed E-state index contributed by atoms with van der Waals surface area (Å²) in [7, 11) is 1.44. The zero-order valence-electron chi connectivity index (χ0n) is 11.6. The van der Waals surface area contributed by atoms with Crippen molar-refractivity contribution in [3.05, 3.63) is 58.1 Å². The summed E-state index contributed by atoms with van der Waals surface area (Å²) in [6, 6.07) is 11.1. The molecule has 0 heterocycles. The molecule has 0 fully saturated rings. The normalized spacial score (nSPS) is 11.8. The SMILES string of the molecule is COc1ccc(Oc2ccc(C(C)O)cc2)c([N+](=O)[O-])c1. The van der Waals surface area contributed by atoms with Crippen molar-refractivity contribution < 1.29 is 19.5 Å². The van der Waals surface area contributed by atoms with Crippen molar-refractivity contribution in [2.45, 2.75) is 13.0 Å². The van der Waals surface area contributed by atoms with E-state index in [1.165, 1.54) is 19.2 Å². The van der Waals surface area contributed by atoms with E-state index in [0.717, 1.165) is 5.56 Å². The van der Waals surface area contributed by atoms with Crippen LogP contribution in [-0.2, 0) is 0 Å². The molecule has 110 valence electrons. The maximum atomic E-state index is 11.1. The van der Waals surface area contributed by atoms with Gasteiger partial charge >= 0.3 is 5.69 Å². The van der Waals surface area contributed by atoms with Crippen LogP contribution in [0.5, 0.6) is 17.2 Å². The van der Waals surface area contributed by atoms with E-state index in [0.29, 0.717) is 11.5 Å². The molecule has 0 aliphatic carbocycles. The molecule has 2 aromatic carbocycles. The Labute approximate surface area is 121 Å². The molecule has 0 spiro atoms. The predicted molar refractivity (Wildman–Crippen MR) is 76.8 cm³/mol. The van der Waals surface area contributed by atoms with Crippen LogP contribution in [0.1, 0.15) is 18.6 Å². The average Bonchev–Trinajstić information content (AvgIpc) is 2.48. The van der Waals surface area contributed by atoms with E-state index in [9.17, 15) is 15.2 Å². The second-order valence-electron chi connectivity index (χ2n) is 4.44. The molecule has 1 unspecified atom stereocenters. The molecule has 0 radical (unpaired) electrons. The standard InChI is InChI=1S/C15H15NO5/c1-10(17)11-3-5-12(6-4-11)21-15-8-7-13(20-2)9-14(15)16(18)19/h3-10,17H,1-2H3. The molecule has 6 nitrogen and oxygen atoms in total. The molecule has 0 saturated heterocycles. The largest absolute Gasteiger partial charge is 0.496 e. The van der Waals surface area contributed by atoms with Gasteiger partial charge in [0.15, 0.2) is 0 Å². The first-order chi connectivity index (χ1) is 10.0. The quantitative estimate of drug-likeness (QED) is 0.673. The van der Waals surface area contributed by atoms with Crippen LogP contribution in [0.15, 0.2) is 42.5 Å². The third-order valence-corrected chi connectivity index (χ3v) is 2.95. The molecular weight excluding hydrogens is 274 g/mol. The molecule has 0 aliphatic heterocycles. The number of hydrogen-bond donors (Lipinski definition) is 1. The molecule has 2 aromatic rings. The summed E-state index contributed by atoms with van der Waals surface area (Å²) in [5.41, 5.74) is 0.570. The molecule has 1 atom stereocenters. The molecule has 0 amide bonds. The number of ether oxygens (including phenoxy) is 2. The van der Waals surface area contributed by atoms with E-state index >= 15 is 0 Å². The number of aliphatic hydroxyl groups excluding tert-OH is 1. The number of nitro groups is 1. The molecule has 0 aromatic heterocycles. The minimum absolute atomic E-state index is 0.130. The van der Waals surface area contributed by atoms with Gasteiger partial charge in [-0.15, -0.1) is 0 Å². The van der Waals surface area contributed by atoms with Gasteiger partial charge in [-0.05, 0) is 36.8 Å². The van der Waals surface area contributed by atoms with Gasteiger partial charge < -0.3 is 14.6 Å². The van der Waals surface area contributed by atoms with Crippen LogP contribution in [0, 0.1) is 10.1 Å². The first-order valence-electron chi connectivity index (χ1n) is 6.29. The minimum Gasteiger partial charge on any atom is -0.496 e. The summed E-state index contributed by atoms with van der Waals surface area (Å²) in [6.45, 7) is 1.66. The van der Waals surface area contributed by atoms with Gasteiger partial charge in [-0.3, -0.25) is 10.1 Å². The molecule has 0 saturated carbocycles. The highest BCUT2D eigenvalue weighted by Crippen LogP contribution is 2.34. The van der Waals surface area contributed by atoms with Gasteiger partial charge in [0.05, 0.1) is 24.2 Å². The first kappa shape index (κ1) is 14.8. The maximum Gasteiger partial charge on any atom is 0.315 e. The van der Waals surface area contributed by atoms with Crippen LogP contribution in [0.3, 0.4) is 0 Å². The van der Waals surface area contributed by atoms with Crippen molar-refractivity contribution in [2.75, 3.05) is 7.11 Å². The molecular formula is C15H15NO5. The smallest absolute Gasteiger partial charge is 0.315 e. The van der Waals surface area contributed by atoms with Crippen molar-refractivity contribution in [1.82, 2.24) is 0 Å². The Kier molecular flexibility index (Phi) is 4.39. The lowest BCUT2D eigenvalue weighted by Crippen LogP contribution is -1.95. The number of nitro benzene ring substituents is 1. The highest BCUT2D eigenvalue weighted by atomic mass is 16.6. The lowest BCUT2D eigenvalue weighted by Gasteiger charge is -2.09. The van der Waals surface area contributed by atoms with Gasteiger partial charge in [0.2, 0.25) is 5.75 Å². The summed E-state index contributed by atoms with van der Waals surface area (Å²) in [5, 5.41) is 20.5. The summed E-state index contributed by atoms with van der Waals surface area (Å²) in [5.74, 6) is 0.969. The molecule has 21 heavy (non-hydrogen) atoms. The number of nitrogens with zero attached hydrogens (tertiary/aromatic N) is 1. The number of aliphatic hydroxyl groups is 1. The van der Waals surface area contributed by atoms with Crippen molar-refractivity contribution in [2.24, 2.45) is 0 Å². The van der Waals surface area contributed by atoms with Gasteiger partial charge in [0, 0.05) is 0 Å². The highest BCUT2D eigenvalue weighted by Gasteiger charge is 2.17. The van der Waals surface area contributed by atoms with Gasteiger partial charge in [-0.2, -0.15) is 0 Å². The van der Waals surface area contributed by atoms with Crippen LogP contribution in [0.25, 0.3) is 0 Å². The Morgan fingerprint density at radius 2 is 1.76 bits per heavy atom. The summed E-state index contributed by atoms with van der Waals surface area (Å²) < 4.78 is 10.5. The Balaban J connectivity index is 2.28. The van der Waals surface area contributed by atoms with Crippen molar-refractivity contribution >= 4 is 5.69 Å². The molecule has 0 aliphatic rings. The zero-order valence-corrected chi connectivity index (χ0v) is 11.6. The average molecular weight is 289 g/mol. The van der Waals surface area contributed by atoms with Crippen molar-refractivity contribution in [1.29, 1.82) is 0 Å². The Morgan fingerprint density at radius 3 is 2.29 bits per heavy atom. The molecule has 2 rings (SSSR count). The number of rotatable bonds is 5. The summed E-state index contributed by atoms with van der Waals surface area (Å²) >= 11 is 0. The van der Waals surface area contributed by atoms with Gasteiger partial charge in [0.25, 0.3) is 0 Å². The second kappa shape index (κ2) is 6.23. The third-order valence-electron chi connectivity index (χ3n) is 2.95. The van der Waals surface area contributed by atoms with Gasteiger partial charge in [0.1, 0.15) is 11.5 Å². The molecule has 1 N–H and O–H groups in total. The summed E-state index contributed by atoms with van der Waals surface area (Å²) in [6.07, 6.45) is -0.575.